The maximum Gasteiger partial charge on any atom is 0.274 e. The Kier molecular flexibility index (Phi) is 4.27. The summed E-state index contributed by atoms with van der Waals surface area (Å²) in [6.07, 6.45) is 7.81. The van der Waals surface area contributed by atoms with Gasteiger partial charge in [0.2, 0.25) is 0 Å². The van der Waals surface area contributed by atoms with Crippen LogP contribution in [0.4, 0.5) is 0 Å². The van der Waals surface area contributed by atoms with Gasteiger partial charge in [0.1, 0.15) is 0 Å². The highest BCUT2D eigenvalue weighted by molar-refractivity contribution is 5.94. The van der Waals surface area contributed by atoms with E-state index in [-0.39, 0.29) is 5.91 Å². The molecular weight excluding hydrogens is 336 g/mol. The first-order valence-corrected chi connectivity index (χ1v) is 10.4. The van der Waals surface area contributed by atoms with E-state index in [1.54, 1.807) is 0 Å². The van der Waals surface area contributed by atoms with Crippen molar-refractivity contribution >= 4 is 5.91 Å². The summed E-state index contributed by atoms with van der Waals surface area (Å²) < 4.78 is 2.03. The van der Waals surface area contributed by atoms with E-state index in [4.69, 9.17) is 5.10 Å². The van der Waals surface area contributed by atoms with Gasteiger partial charge in [-0.05, 0) is 64.0 Å². The van der Waals surface area contributed by atoms with Crippen molar-refractivity contribution in [3.8, 4) is 5.69 Å². The lowest BCUT2D eigenvalue weighted by Gasteiger charge is -2.24. The minimum Gasteiger partial charge on any atom is -0.336 e. The molecule has 0 saturated carbocycles. The molecule has 2 aliphatic heterocycles. The molecule has 2 fully saturated rings. The maximum absolute atomic E-state index is 13.4. The Balaban J connectivity index is 1.50. The van der Waals surface area contributed by atoms with Gasteiger partial charge in [-0.3, -0.25) is 4.79 Å². The number of fused-ring (bicyclic) bond motifs is 3. The zero-order valence-electron chi connectivity index (χ0n) is 16.1. The molecule has 2 bridgehead atoms. The summed E-state index contributed by atoms with van der Waals surface area (Å²) in [4.78, 5) is 15.5. The van der Waals surface area contributed by atoms with Gasteiger partial charge in [0.05, 0.1) is 5.69 Å². The highest BCUT2D eigenvalue weighted by Gasteiger charge is 2.34. The molecule has 1 aliphatic carbocycles. The van der Waals surface area contributed by atoms with Gasteiger partial charge in [0.15, 0.2) is 5.69 Å². The van der Waals surface area contributed by atoms with E-state index in [1.807, 2.05) is 9.58 Å². The molecule has 142 valence electrons. The first-order valence-electron chi connectivity index (χ1n) is 10.4. The Morgan fingerprint density at radius 1 is 1.07 bits per heavy atom. The van der Waals surface area contributed by atoms with Crippen molar-refractivity contribution in [3.63, 3.8) is 0 Å². The van der Waals surface area contributed by atoms with E-state index in [0.29, 0.717) is 17.8 Å². The Morgan fingerprint density at radius 3 is 2.70 bits per heavy atom. The van der Waals surface area contributed by atoms with Crippen LogP contribution in [0.5, 0.6) is 0 Å². The predicted octanol–water partition coefficient (Wildman–Crippen LogP) is 3.03. The molecule has 1 amide bonds. The lowest BCUT2D eigenvalue weighted by molar-refractivity contribution is 0.0740. The van der Waals surface area contributed by atoms with E-state index >= 15 is 0 Å². The van der Waals surface area contributed by atoms with Crippen LogP contribution in [0.25, 0.3) is 5.69 Å². The van der Waals surface area contributed by atoms with Crippen LogP contribution in [0.1, 0.15) is 59.4 Å². The molecule has 2 atom stereocenters. The van der Waals surface area contributed by atoms with Gasteiger partial charge >= 0.3 is 0 Å². The lowest BCUT2D eigenvalue weighted by atomic mass is 9.95. The third-order valence-electron chi connectivity index (χ3n) is 6.47. The van der Waals surface area contributed by atoms with Crippen molar-refractivity contribution in [1.29, 1.82) is 0 Å². The third kappa shape index (κ3) is 3.08. The second-order valence-electron chi connectivity index (χ2n) is 8.41. The fraction of sp³-hybridized carbons (Fsp3) is 0.545. The zero-order chi connectivity index (χ0) is 18.4. The molecule has 1 aromatic carbocycles. The molecule has 2 unspecified atom stereocenters. The van der Waals surface area contributed by atoms with Gasteiger partial charge in [-0.1, -0.05) is 17.7 Å². The van der Waals surface area contributed by atoms with Crippen LogP contribution >= 0.6 is 0 Å². The number of nitrogens with zero attached hydrogens (tertiary/aromatic N) is 3. The van der Waals surface area contributed by atoms with Crippen molar-refractivity contribution in [2.45, 2.75) is 64.0 Å². The van der Waals surface area contributed by atoms with Crippen molar-refractivity contribution in [1.82, 2.24) is 20.0 Å². The fourth-order valence-electron chi connectivity index (χ4n) is 4.95. The molecule has 0 spiro atoms. The number of likely N-dealkylation sites (tertiary alicyclic amines) is 1. The smallest absolute Gasteiger partial charge is 0.274 e. The van der Waals surface area contributed by atoms with Crippen molar-refractivity contribution in [2.24, 2.45) is 0 Å². The van der Waals surface area contributed by atoms with Crippen LogP contribution in [-0.4, -0.2) is 45.8 Å². The maximum atomic E-state index is 13.4. The molecule has 5 rings (SSSR count). The minimum atomic E-state index is 0.133. The van der Waals surface area contributed by atoms with Gasteiger partial charge in [-0.15, -0.1) is 0 Å². The normalized spacial score (nSPS) is 24.6. The minimum absolute atomic E-state index is 0.133. The predicted molar refractivity (Wildman–Crippen MR) is 105 cm³/mol. The number of aromatic nitrogens is 2. The first-order chi connectivity index (χ1) is 13.2. The average molecular weight is 364 g/mol. The lowest BCUT2D eigenvalue weighted by Crippen LogP contribution is -2.39. The monoisotopic (exact) mass is 364 g/mol. The summed E-state index contributed by atoms with van der Waals surface area (Å²) >= 11 is 0. The number of amides is 1. The molecule has 1 aromatic heterocycles. The first kappa shape index (κ1) is 17.0. The molecule has 5 heteroatoms. The van der Waals surface area contributed by atoms with Gasteiger partial charge < -0.3 is 10.2 Å². The van der Waals surface area contributed by atoms with E-state index in [0.717, 1.165) is 44.5 Å². The summed E-state index contributed by atoms with van der Waals surface area (Å²) in [5.74, 6) is 0.133. The Labute approximate surface area is 160 Å². The van der Waals surface area contributed by atoms with E-state index in [2.05, 4.69) is 36.5 Å². The highest BCUT2D eigenvalue weighted by Crippen LogP contribution is 2.29. The number of hydrogen-bond donors (Lipinski definition) is 1. The van der Waals surface area contributed by atoms with Crippen LogP contribution in [0, 0.1) is 6.92 Å². The number of carbonyl (C=O) groups excluding carboxylic acids is 1. The Bertz CT molecular complexity index is 854. The molecule has 3 heterocycles. The second kappa shape index (κ2) is 6.79. The summed E-state index contributed by atoms with van der Waals surface area (Å²) in [5, 5.41) is 8.53. The Morgan fingerprint density at radius 2 is 1.85 bits per heavy atom. The SMILES string of the molecule is Cc1ccc(-n2nc(C(=O)N3CCC4CCC(C3)N4)c3c2CCCC3)cc1. The molecule has 1 N–H and O–H groups in total. The van der Waals surface area contributed by atoms with Gasteiger partial charge in [0, 0.05) is 36.4 Å². The number of aryl methyl sites for hydroxylation is 1. The highest BCUT2D eigenvalue weighted by atomic mass is 16.2. The summed E-state index contributed by atoms with van der Waals surface area (Å²) in [6.45, 7) is 3.76. The molecule has 5 nitrogen and oxygen atoms in total. The van der Waals surface area contributed by atoms with Gasteiger partial charge in [-0.2, -0.15) is 5.10 Å². The Hall–Kier alpha value is -2.14. The number of hydrogen-bond acceptors (Lipinski definition) is 3. The standard InChI is InChI=1S/C22H28N4O/c1-15-6-10-18(11-7-15)26-20-5-3-2-4-19(20)21(24-26)22(27)25-13-12-16-8-9-17(14-25)23-16/h6-7,10-11,16-17,23H,2-5,8-9,12-14H2,1H3. The van der Waals surface area contributed by atoms with E-state index in [9.17, 15) is 4.79 Å². The topological polar surface area (TPSA) is 50.2 Å². The summed E-state index contributed by atoms with van der Waals surface area (Å²) in [6, 6.07) is 9.50. The molecule has 27 heavy (non-hydrogen) atoms. The number of nitrogens with one attached hydrogen (secondary N) is 1. The average Bonchev–Trinajstić information content (AvgIpc) is 3.22. The van der Waals surface area contributed by atoms with Crippen LogP contribution in [0.15, 0.2) is 24.3 Å². The zero-order valence-corrected chi connectivity index (χ0v) is 16.1. The van der Waals surface area contributed by atoms with Crippen molar-refractivity contribution in [2.75, 3.05) is 13.1 Å². The molecule has 2 aromatic rings. The van der Waals surface area contributed by atoms with Crippen LogP contribution in [0.2, 0.25) is 0 Å². The van der Waals surface area contributed by atoms with E-state index < -0.39 is 0 Å². The van der Waals surface area contributed by atoms with Crippen molar-refractivity contribution in [3.05, 3.63) is 46.8 Å². The van der Waals surface area contributed by atoms with Crippen LogP contribution in [-0.2, 0) is 12.8 Å². The number of carbonyl (C=O) groups is 1. The number of benzene rings is 1. The second-order valence-corrected chi connectivity index (χ2v) is 8.41. The van der Waals surface area contributed by atoms with Crippen molar-refractivity contribution < 1.29 is 4.79 Å². The molecule has 3 aliphatic rings. The number of rotatable bonds is 2. The molecule has 0 radical (unpaired) electrons. The summed E-state index contributed by atoms with van der Waals surface area (Å²) in [5.41, 5.74) is 5.43. The molecule has 2 saturated heterocycles. The summed E-state index contributed by atoms with van der Waals surface area (Å²) in [7, 11) is 0. The van der Waals surface area contributed by atoms with Gasteiger partial charge in [-0.25, -0.2) is 4.68 Å². The van der Waals surface area contributed by atoms with E-state index in [1.165, 1.54) is 36.1 Å². The quantitative estimate of drug-likeness (QED) is 0.891. The third-order valence-corrected chi connectivity index (χ3v) is 6.47. The molecular formula is C22H28N4O. The largest absolute Gasteiger partial charge is 0.336 e. The fourth-order valence-corrected chi connectivity index (χ4v) is 4.95. The van der Waals surface area contributed by atoms with Gasteiger partial charge in [0.25, 0.3) is 5.91 Å². The van der Waals surface area contributed by atoms with Crippen LogP contribution < -0.4 is 5.32 Å². The van der Waals surface area contributed by atoms with Crippen LogP contribution in [0.3, 0.4) is 0 Å².